The second-order valence-corrected chi connectivity index (χ2v) is 6.59. The first-order valence-electron chi connectivity index (χ1n) is 8.62. The van der Waals surface area contributed by atoms with Crippen molar-refractivity contribution in [2.24, 2.45) is 5.73 Å². The summed E-state index contributed by atoms with van der Waals surface area (Å²) in [5, 5.41) is 14.1. The summed E-state index contributed by atoms with van der Waals surface area (Å²) in [5.41, 5.74) is 7.42. The van der Waals surface area contributed by atoms with E-state index in [2.05, 4.69) is 33.2 Å². The van der Waals surface area contributed by atoms with Crippen LogP contribution in [0.5, 0.6) is 0 Å². The van der Waals surface area contributed by atoms with E-state index in [4.69, 9.17) is 10.8 Å². The summed E-state index contributed by atoms with van der Waals surface area (Å²) in [6.07, 6.45) is 3.45. The van der Waals surface area contributed by atoms with E-state index in [9.17, 15) is 14.4 Å². The predicted molar refractivity (Wildman–Crippen MR) is 106 cm³/mol. The molecule has 1 aromatic carbocycles. The van der Waals surface area contributed by atoms with Crippen LogP contribution in [0.1, 0.15) is 11.3 Å². The number of aromatic amines is 1. The van der Waals surface area contributed by atoms with Gasteiger partial charge in [-0.3, -0.25) is 9.59 Å². The second kappa shape index (κ2) is 10.5. The number of hydrogen-bond acceptors (Lipinski definition) is 6. The number of carboxylic acids is 1. The zero-order valence-electron chi connectivity index (χ0n) is 15.0. The Morgan fingerprint density at radius 1 is 1.11 bits per heavy atom. The number of carbonyl (C=O) groups excluding carboxylic acids is 2. The molecule has 0 aliphatic rings. The molecule has 1 heterocycles. The SMILES string of the molecule is N[C@@H](Cc1cnc[nH]1)C(=O)N[C@@H](Cc1ccccc1)C(=O)N[C@@H](CS)C(=O)O. The van der Waals surface area contributed by atoms with E-state index in [0.29, 0.717) is 5.69 Å². The number of thiol groups is 1. The first-order chi connectivity index (χ1) is 13.4. The van der Waals surface area contributed by atoms with E-state index in [1.54, 1.807) is 6.20 Å². The van der Waals surface area contributed by atoms with E-state index in [1.165, 1.54) is 6.33 Å². The van der Waals surface area contributed by atoms with Crippen LogP contribution in [0.25, 0.3) is 0 Å². The van der Waals surface area contributed by atoms with E-state index in [1.807, 2.05) is 30.3 Å². The lowest BCUT2D eigenvalue weighted by Gasteiger charge is -2.22. The summed E-state index contributed by atoms with van der Waals surface area (Å²) in [4.78, 5) is 43.0. The number of rotatable bonds is 10. The molecular weight excluding hydrogens is 382 g/mol. The molecule has 0 radical (unpaired) electrons. The summed E-state index contributed by atoms with van der Waals surface area (Å²) in [7, 11) is 0. The molecule has 0 unspecified atom stereocenters. The molecule has 0 bridgehead atoms. The lowest BCUT2D eigenvalue weighted by atomic mass is 10.0. The number of carboxylic acid groups (broad SMARTS) is 1. The Hall–Kier alpha value is -2.85. The van der Waals surface area contributed by atoms with Crippen LogP contribution in [0.15, 0.2) is 42.9 Å². The fourth-order valence-electron chi connectivity index (χ4n) is 2.52. The maximum Gasteiger partial charge on any atom is 0.327 e. The monoisotopic (exact) mass is 405 g/mol. The molecule has 2 amide bonds. The van der Waals surface area contributed by atoms with Crippen molar-refractivity contribution >= 4 is 30.4 Å². The average Bonchev–Trinajstić information content (AvgIpc) is 3.18. The van der Waals surface area contributed by atoms with E-state index in [0.717, 1.165) is 5.56 Å². The minimum absolute atomic E-state index is 0.0770. The number of aliphatic carboxylic acids is 1. The van der Waals surface area contributed by atoms with Gasteiger partial charge in [-0.15, -0.1) is 0 Å². The standard InChI is InChI=1S/C18H23N5O4S/c19-13(7-12-8-20-10-21-12)16(24)22-14(6-11-4-2-1-3-5-11)17(25)23-15(9-28)18(26)27/h1-5,8,10,13-15,28H,6-7,9,19H2,(H,20,21)(H,22,24)(H,23,25)(H,26,27)/t13-,14-,15-/m0/s1. The molecule has 0 spiro atoms. The number of nitrogens with zero attached hydrogens (tertiary/aromatic N) is 1. The third-order valence-electron chi connectivity index (χ3n) is 4.04. The highest BCUT2D eigenvalue weighted by Crippen LogP contribution is 2.05. The Morgan fingerprint density at radius 3 is 2.36 bits per heavy atom. The van der Waals surface area contributed by atoms with E-state index < -0.39 is 35.9 Å². The summed E-state index contributed by atoms with van der Waals surface area (Å²) < 4.78 is 0. The molecule has 0 aliphatic heterocycles. The molecule has 2 aromatic rings. The number of H-pyrrole nitrogens is 1. The Balaban J connectivity index is 2.09. The van der Waals surface area contributed by atoms with Crippen molar-refractivity contribution in [2.45, 2.75) is 31.0 Å². The van der Waals surface area contributed by atoms with Gasteiger partial charge in [0.25, 0.3) is 0 Å². The van der Waals surface area contributed by atoms with Crippen molar-refractivity contribution in [3.8, 4) is 0 Å². The number of imidazole rings is 1. The Morgan fingerprint density at radius 2 is 1.79 bits per heavy atom. The fraction of sp³-hybridized carbons (Fsp3) is 0.333. The quantitative estimate of drug-likeness (QED) is 0.294. The molecule has 1 aromatic heterocycles. The van der Waals surface area contributed by atoms with Crippen LogP contribution in [0.2, 0.25) is 0 Å². The molecule has 0 saturated carbocycles. The summed E-state index contributed by atoms with van der Waals surface area (Å²) in [5.74, 6) is -2.42. The molecule has 0 saturated heterocycles. The molecule has 0 fully saturated rings. The highest BCUT2D eigenvalue weighted by Gasteiger charge is 2.27. The van der Waals surface area contributed by atoms with Gasteiger partial charge >= 0.3 is 5.97 Å². The molecule has 9 nitrogen and oxygen atoms in total. The van der Waals surface area contributed by atoms with Crippen molar-refractivity contribution in [1.82, 2.24) is 20.6 Å². The van der Waals surface area contributed by atoms with Gasteiger partial charge in [0.2, 0.25) is 11.8 Å². The normalized spacial score (nSPS) is 13.9. The average molecular weight is 405 g/mol. The Labute approximate surface area is 167 Å². The summed E-state index contributed by atoms with van der Waals surface area (Å²) in [6, 6.07) is 6.03. The van der Waals surface area contributed by atoms with E-state index in [-0.39, 0.29) is 18.6 Å². The third-order valence-corrected chi connectivity index (χ3v) is 4.41. The van der Waals surface area contributed by atoms with Crippen LogP contribution in [-0.2, 0) is 27.2 Å². The minimum atomic E-state index is -1.20. The number of carbonyl (C=O) groups is 3. The lowest BCUT2D eigenvalue weighted by Crippen LogP contribution is -2.55. The number of amides is 2. The first kappa shape index (κ1) is 21.5. The van der Waals surface area contributed by atoms with Gasteiger partial charge in [-0.05, 0) is 5.56 Å². The van der Waals surface area contributed by atoms with Gasteiger partial charge in [0, 0.05) is 30.5 Å². The molecular formula is C18H23N5O4S. The van der Waals surface area contributed by atoms with Crippen LogP contribution in [-0.4, -0.2) is 56.7 Å². The molecule has 2 rings (SSSR count). The smallest absolute Gasteiger partial charge is 0.327 e. The minimum Gasteiger partial charge on any atom is -0.480 e. The Bertz CT molecular complexity index is 785. The van der Waals surface area contributed by atoms with Crippen LogP contribution in [0.4, 0.5) is 0 Å². The van der Waals surface area contributed by atoms with Crippen LogP contribution in [0, 0.1) is 0 Å². The zero-order chi connectivity index (χ0) is 20.5. The van der Waals surface area contributed by atoms with Gasteiger partial charge in [0.15, 0.2) is 0 Å². The highest BCUT2D eigenvalue weighted by atomic mass is 32.1. The van der Waals surface area contributed by atoms with Gasteiger partial charge in [-0.25, -0.2) is 9.78 Å². The van der Waals surface area contributed by atoms with Gasteiger partial charge in [-0.1, -0.05) is 30.3 Å². The molecule has 28 heavy (non-hydrogen) atoms. The predicted octanol–water partition coefficient (Wildman–Crippen LogP) is -0.494. The third kappa shape index (κ3) is 6.39. The molecule has 150 valence electrons. The molecule has 0 aliphatic carbocycles. The maximum atomic E-state index is 12.6. The largest absolute Gasteiger partial charge is 0.480 e. The number of nitrogens with two attached hydrogens (primary N) is 1. The molecule has 6 N–H and O–H groups in total. The second-order valence-electron chi connectivity index (χ2n) is 6.22. The fourth-order valence-corrected chi connectivity index (χ4v) is 2.77. The number of benzene rings is 1. The number of hydrogen-bond donors (Lipinski definition) is 6. The van der Waals surface area contributed by atoms with Gasteiger partial charge in [0.05, 0.1) is 12.4 Å². The van der Waals surface area contributed by atoms with Crippen molar-refractivity contribution in [3.63, 3.8) is 0 Å². The summed E-state index contributed by atoms with van der Waals surface area (Å²) >= 11 is 3.94. The maximum absolute atomic E-state index is 12.6. The molecule has 3 atom stereocenters. The topological polar surface area (TPSA) is 150 Å². The Kier molecular flexibility index (Phi) is 8.02. The zero-order valence-corrected chi connectivity index (χ0v) is 15.9. The lowest BCUT2D eigenvalue weighted by molar-refractivity contribution is -0.141. The van der Waals surface area contributed by atoms with Crippen molar-refractivity contribution in [3.05, 3.63) is 54.1 Å². The molecule has 10 heteroatoms. The van der Waals surface area contributed by atoms with E-state index >= 15 is 0 Å². The highest BCUT2D eigenvalue weighted by molar-refractivity contribution is 7.80. The summed E-state index contributed by atoms with van der Waals surface area (Å²) in [6.45, 7) is 0. The first-order valence-corrected chi connectivity index (χ1v) is 9.25. The van der Waals surface area contributed by atoms with Crippen LogP contribution in [0.3, 0.4) is 0 Å². The number of nitrogens with one attached hydrogen (secondary N) is 3. The van der Waals surface area contributed by atoms with Crippen molar-refractivity contribution < 1.29 is 19.5 Å². The van der Waals surface area contributed by atoms with Crippen molar-refractivity contribution in [1.29, 1.82) is 0 Å². The number of aromatic nitrogens is 2. The van der Waals surface area contributed by atoms with Gasteiger partial charge in [0.1, 0.15) is 12.1 Å². The van der Waals surface area contributed by atoms with Gasteiger partial charge in [-0.2, -0.15) is 12.6 Å². The van der Waals surface area contributed by atoms with Crippen LogP contribution >= 0.6 is 12.6 Å². The van der Waals surface area contributed by atoms with Crippen molar-refractivity contribution in [2.75, 3.05) is 5.75 Å². The van der Waals surface area contributed by atoms with Crippen LogP contribution < -0.4 is 16.4 Å². The van der Waals surface area contributed by atoms with Gasteiger partial charge < -0.3 is 26.5 Å².